The molecule has 1 atom stereocenters. The van der Waals surface area contributed by atoms with E-state index in [-0.39, 0.29) is 11.0 Å². The molecule has 0 radical (unpaired) electrons. The fourth-order valence-electron chi connectivity index (χ4n) is 1.51. The number of hydrogen-bond donors (Lipinski definition) is 0. The molecule has 0 aliphatic rings. The van der Waals surface area contributed by atoms with Crippen LogP contribution in [0.5, 0.6) is 0 Å². The van der Waals surface area contributed by atoms with Crippen LogP contribution in [0.25, 0.3) is 11.3 Å². The minimum Gasteiger partial charge on any atom is -0.275 e. The molecule has 0 aliphatic heterocycles. The first-order chi connectivity index (χ1) is 8.77. The highest BCUT2D eigenvalue weighted by atomic mass is 35.5. The van der Waals surface area contributed by atoms with Crippen LogP contribution < -0.4 is 0 Å². The highest BCUT2D eigenvalue weighted by Crippen LogP contribution is 2.24. The van der Waals surface area contributed by atoms with Crippen LogP contribution in [-0.4, -0.2) is 34.4 Å². The van der Waals surface area contributed by atoms with Crippen molar-refractivity contribution >= 4 is 21.4 Å². The molecule has 0 spiro atoms. The molecule has 2 aromatic rings. The minimum atomic E-state index is -3.27. The summed E-state index contributed by atoms with van der Waals surface area (Å²) in [6, 6.07) is 1.58. The smallest absolute Gasteiger partial charge is 0.157 e. The van der Waals surface area contributed by atoms with Crippen molar-refractivity contribution in [2.75, 3.05) is 6.26 Å². The molecule has 0 saturated heterocycles. The molecule has 0 aliphatic carbocycles. The topological polar surface area (TPSA) is 77.7 Å². The van der Waals surface area contributed by atoms with Crippen LogP contribution in [0.15, 0.2) is 18.5 Å². The van der Waals surface area contributed by atoms with Crippen molar-refractivity contribution in [2.45, 2.75) is 12.2 Å². The summed E-state index contributed by atoms with van der Waals surface area (Å²) in [5.74, 6) is 0.189. The first kappa shape index (κ1) is 14.0. The van der Waals surface area contributed by atoms with E-state index in [9.17, 15) is 8.42 Å². The van der Waals surface area contributed by atoms with E-state index >= 15 is 0 Å². The second-order valence-electron chi connectivity index (χ2n) is 4.31. The van der Waals surface area contributed by atoms with Crippen molar-refractivity contribution in [3.63, 3.8) is 0 Å². The second kappa shape index (κ2) is 4.90. The predicted molar refractivity (Wildman–Crippen MR) is 72.5 cm³/mol. The first-order valence-corrected chi connectivity index (χ1v) is 7.83. The van der Waals surface area contributed by atoms with E-state index in [1.54, 1.807) is 30.2 Å². The number of hydrogen-bond acceptors (Lipinski definition) is 5. The van der Waals surface area contributed by atoms with Gasteiger partial charge in [-0.05, 0) is 6.92 Å². The highest BCUT2D eigenvalue weighted by Gasteiger charge is 2.21. The third-order valence-electron chi connectivity index (χ3n) is 2.72. The Morgan fingerprint density at radius 1 is 1.37 bits per heavy atom. The summed E-state index contributed by atoms with van der Waals surface area (Å²) in [6.07, 6.45) is 4.55. The zero-order chi connectivity index (χ0) is 14.2. The van der Waals surface area contributed by atoms with Crippen LogP contribution >= 0.6 is 11.6 Å². The Kier molecular flexibility index (Phi) is 3.60. The molecule has 0 N–H and O–H groups in total. The Labute approximate surface area is 116 Å². The minimum absolute atomic E-state index is 0.189. The van der Waals surface area contributed by atoms with Gasteiger partial charge in [0.1, 0.15) is 16.2 Å². The van der Waals surface area contributed by atoms with Crippen molar-refractivity contribution in [1.29, 1.82) is 0 Å². The van der Waals surface area contributed by atoms with Crippen molar-refractivity contribution in [2.24, 2.45) is 7.05 Å². The maximum atomic E-state index is 11.6. The molecule has 0 amide bonds. The monoisotopic (exact) mass is 300 g/mol. The van der Waals surface area contributed by atoms with Crippen LogP contribution in [0.1, 0.15) is 18.0 Å². The number of aryl methyl sites for hydroxylation is 1. The van der Waals surface area contributed by atoms with E-state index in [1.165, 1.54) is 6.92 Å². The molecule has 0 aromatic carbocycles. The molecule has 6 nitrogen and oxygen atoms in total. The van der Waals surface area contributed by atoms with E-state index in [0.717, 1.165) is 11.8 Å². The summed E-state index contributed by atoms with van der Waals surface area (Å²) in [4.78, 5) is 8.24. The van der Waals surface area contributed by atoms with Crippen LogP contribution in [0, 0.1) is 0 Å². The zero-order valence-electron chi connectivity index (χ0n) is 10.7. The van der Waals surface area contributed by atoms with Crippen molar-refractivity contribution < 1.29 is 8.42 Å². The third-order valence-corrected chi connectivity index (χ3v) is 4.41. The van der Waals surface area contributed by atoms with Gasteiger partial charge >= 0.3 is 0 Å². The molecule has 2 rings (SSSR count). The van der Waals surface area contributed by atoms with Gasteiger partial charge in [-0.15, -0.1) is 0 Å². The second-order valence-corrected chi connectivity index (χ2v) is 7.06. The van der Waals surface area contributed by atoms with Crippen LogP contribution in [0.2, 0.25) is 5.15 Å². The Morgan fingerprint density at radius 2 is 2.05 bits per heavy atom. The molecule has 0 fully saturated rings. The van der Waals surface area contributed by atoms with Crippen LogP contribution in [-0.2, 0) is 16.9 Å². The van der Waals surface area contributed by atoms with Crippen LogP contribution in [0.3, 0.4) is 0 Å². The summed E-state index contributed by atoms with van der Waals surface area (Å²) in [5.41, 5.74) is 1.31. The van der Waals surface area contributed by atoms with E-state index in [4.69, 9.17) is 11.6 Å². The Bertz CT molecular complexity index is 711. The number of rotatable bonds is 3. The SMILES string of the molecule is CC(c1nc(Cl)cc(-c2cnn(C)c2)n1)S(C)(=O)=O. The van der Waals surface area contributed by atoms with Gasteiger partial charge in [0.15, 0.2) is 9.84 Å². The van der Waals surface area contributed by atoms with Crippen molar-refractivity contribution in [3.8, 4) is 11.3 Å². The zero-order valence-corrected chi connectivity index (χ0v) is 12.3. The Balaban J connectivity index is 2.52. The number of aromatic nitrogens is 4. The normalized spacial score (nSPS) is 13.5. The fraction of sp³-hybridized carbons (Fsp3) is 0.364. The third kappa shape index (κ3) is 3.10. The predicted octanol–water partition coefficient (Wildman–Crippen LogP) is 1.64. The molecule has 1 unspecified atom stereocenters. The van der Waals surface area contributed by atoms with Crippen molar-refractivity contribution in [3.05, 3.63) is 29.4 Å². The van der Waals surface area contributed by atoms with Gasteiger partial charge in [-0.3, -0.25) is 4.68 Å². The molecule has 102 valence electrons. The molecule has 2 aromatic heterocycles. The number of nitrogens with zero attached hydrogens (tertiary/aromatic N) is 4. The lowest BCUT2D eigenvalue weighted by atomic mass is 10.2. The van der Waals surface area contributed by atoms with Gasteiger partial charge < -0.3 is 0 Å². The largest absolute Gasteiger partial charge is 0.275 e. The number of halogens is 1. The van der Waals surface area contributed by atoms with Gasteiger partial charge in [-0.2, -0.15) is 5.10 Å². The first-order valence-electron chi connectivity index (χ1n) is 5.50. The van der Waals surface area contributed by atoms with Gasteiger partial charge in [0.2, 0.25) is 0 Å². The molecule has 2 heterocycles. The summed E-state index contributed by atoms with van der Waals surface area (Å²) in [7, 11) is -1.49. The quantitative estimate of drug-likeness (QED) is 0.805. The number of sulfone groups is 1. The summed E-state index contributed by atoms with van der Waals surface area (Å²) in [6.45, 7) is 1.54. The highest BCUT2D eigenvalue weighted by molar-refractivity contribution is 7.90. The Morgan fingerprint density at radius 3 is 2.58 bits per heavy atom. The lowest BCUT2D eigenvalue weighted by molar-refractivity contribution is 0.589. The maximum absolute atomic E-state index is 11.6. The van der Waals surface area contributed by atoms with Gasteiger partial charge in [-0.25, -0.2) is 18.4 Å². The molecule has 0 bridgehead atoms. The van der Waals surface area contributed by atoms with Gasteiger partial charge in [0, 0.05) is 31.1 Å². The summed E-state index contributed by atoms with van der Waals surface area (Å²) in [5, 5.41) is 3.44. The maximum Gasteiger partial charge on any atom is 0.157 e. The molecule has 0 saturated carbocycles. The van der Waals surface area contributed by atoms with Crippen molar-refractivity contribution in [1.82, 2.24) is 19.7 Å². The van der Waals surface area contributed by atoms with Crippen LogP contribution in [0.4, 0.5) is 0 Å². The molecule has 8 heteroatoms. The lowest BCUT2D eigenvalue weighted by Crippen LogP contribution is -2.12. The average Bonchev–Trinajstić information content (AvgIpc) is 2.73. The van der Waals surface area contributed by atoms with E-state index in [2.05, 4.69) is 15.1 Å². The van der Waals surface area contributed by atoms with Gasteiger partial charge in [0.25, 0.3) is 0 Å². The summed E-state index contributed by atoms with van der Waals surface area (Å²) >= 11 is 5.93. The standard InChI is InChI=1S/C11H13ClN4O2S/c1-7(19(3,17)18)11-14-9(4-10(12)15-11)8-5-13-16(2)6-8/h4-7H,1-3H3. The molecular weight excluding hydrogens is 288 g/mol. The van der Waals surface area contributed by atoms with E-state index in [0.29, 0.717) is 5.69 Å². The fourth-order valence-corrected chi connectivity index (χ4v) is 2.19. The Hall–Kier alpha value is -1.47. The van der Waals surface area contributed by atoms with Gasteiger partial charge in [-0.1, -0.05) is 11.6 Å². The summed E-state index contributed by atoms with van der Waals surface area (Å²) < 4.78 is 24.7. The van der Waals surface area contributed by atoms with E-state index in [1.807, 2.05) is 0 Å². The van der Waals surface area contributed by atoms with Gasteiger partial charge in [0.05, 0.1) is 11.9 Å². The molecular formula is C11H13ClN4O2S. The van der Waals surface area contributed by atoms with E-state index < -0.39 is 15.1 Å². The molecule has 19 heavy (non-hydrogen) atoms. The average molecular weight is 301 g/mol. The lowest BCUT2D eigenvalue weighted by Gasteiger charge is -2.09.